The summed E-state index contributed by atoms with van der Waals surface area (Å²) in [4.78, 5) is 18.6. The number of rotatable bonds is 5. The van der Waals surface area contributed by atoms with Crippen LogP contribution < -0.4 is 15.0 Å². The van der Waals surface area contributed by atoms with Crippen molar-refractivity contribution in [2.45, 2.75) is 25.2 Å². The van der Waals surface area contributed by atoms with E-state index in [1.807, 2.05) is 0 Å². The van der Waals surface area contributed by atoms with Crippen LogP contribution in [0.1, 0.15) is 36.3 Å². The Morgan fingerprint density at radius 1 is 1.27 bits per heavy atom. The van der Waals surface area contributed by atoms with Crippen LogP contribution in [0.15, 0.2) is 23.1 Å². The highest BCUT2D eigenvalue weighted by Gasteiger charge is 2.29. The van der Waals surface area contributed by atoms with Gasteiger partial charge in [0.05, 0.1) is 14.2 Å². The average molecular weight is 362 g/mol. The molecule has 0 unspecified atom stereocenters. The number of fused-ring (bicyclic) bond motifs is 1. The molecule has 0 spiro atoms. The monoisotopic (exact) mass is 362 g/mol. The molecule has 1 N–H and O–H groups in total. The van der Waals surface area contributed by atoms with Crippen molar-refractivity contribution in [3.05, 3.63) is 39.8 Å². The fourth-order valence-corrected chi connectivity index (χ4v) is 2.98. The molecular formula is C17H16F2N4O3. The molecule has 0 saturated heterocycles. The number of hydrogen-bond donors (Lipinski definition) is 1. The Morgan fingerprint density at radius 2 is 2.04 bits per heavy atom. The second-order valence-electron chi connectivity index (χ2n) is 6.12. The summed E-state index contributed by atoms with van der Waals surface area (Å²) in [6, 6.07) is 3.24. The van der Waals surface area contributed by atoms with Gasteiger partial charge in [0.15, 0.2) is 5.65 Å². The Labute approximate surface area is 146 Å². The SMILES string of the molecule is COc1nc2nn(-c3c(OC)cc(C4CC4)cc3C(F)F)cc2c(=O)[nH]1. The zero-order chi connectivity index (χ0) is 18.4. The lowest BCUT2D eigenvalue weighted by atomic mass is 10.0. The van der Waals surface area contributed by atoms with E-state index >= 15 is 0 Å². The van der Waals surface area contributed by atoms with Gasteiger partial charge in [0.2, 0.25) is 0 Å². The second-order valence-corrected chi connectivity index (χ2v) is 6.12. The molecule has 1 fully saturated rings. The normalized spacial score (nSPS) is 14.2. The minimum Gasteiger partial charge on any atom is -0.494 e. The minimum atomic E-state index is -2.72. The van der Waals surface area contributed by atoms with E-state index in [2.05, 4.69) is 15.1 Å². The van der Waals surface area contributed by atoms with E-state index in [9.17, 15) is 13.6 Å². The van der Waals surface area contributed by atoms with Crippen LogP contribution in [0, 0.1) is 0 Å². The Bertz CT molecular complexity index is 1040. The van der Waals surface area contributed by atoms with Gasteiger partial charge in [0.25, 0.3) is 18.0 Å². The summed E-state index contributed by atoms with van der Waals surface area (Å²) in [6.07, 6.45) is 0.609. The summed E-state index contributed by atoms with van der Waals surface area (Å²) in [5.74, 6) is 0.571. The Balaban J connectivity index is 1.95. The first kappa shape index (κ1) is 16.5. The van der Waals surface area contributed by atoms with E-state index in [-0.39, 0.29) is 34.0 Å². The molecule has 9 heteroatoms. The summed E-state index contributed by atoms with van der Waals surface area (Å²) in [7, 11) is 2.78. The van der Waals surface area contributed by atoms with Crippen molar-refractivity contribution < 1.29 is 18.3 Å². The highest BCUT2D eigenvalue weighted by molar-refractivity contribution is 5.74. The molecule has 0 amide bonds. The third-order valence-electron chi connectivity index (χ3n) is 4.42. The van der Waals surface area contributed by atoms with Crippen LogP contribution in [0.3, 0.4) is 0 Å². The number of nitrogens with zero attached hydrogens (tertiary/aromatic N) is 3. The van der Waals surface area contributed by atoms with E-state index in [1.165, 1.54) is 31.2 Å². The number of aromatic amines is 1. The number of H-pyrrole nitrogens is 1. The smallest absolute Gasteiger partial charge is 0.298 e. The van der Waals surface area contributed by atoms with Crippen LogP contribution in [0.25, 0.3) is 16.7 Å². The zero-order valence-electron chi connectivity index (χ0n) is 14.1. The summed E-state index contributed by atoms with van der Waals surface area (Å²) in [6.45, 7) is 0. The lowest BCUT2D eigenvalue weighted by molar-refractivity contribution is 0.150. The molecule has 0 atom stereocenters. The van der Waals surface area contributed by atoms with Gasteiger partial charge < -0.3 is 9.47 Å². The molecule has 0 aliphatic heterocycles. The Hall–Kier alpha value is -2.97. The maximum absolute atomic E-state index is 13.7. The summed E-state index contributed by atoms with van der Waals surface area (Å²) in [5, 5.41) is 4.35. The molecule has 1 aliphatic rings. The van der Waals surface area contributed by atoms with Gasteiger partial charge in [-0.05, 0) is 36.5 Å². The molecule has 1 saturated carbocycles. The lowest BCUT2D eigenvalue weighted by Crippen LogP contribution is -2.08. The predicted octanol–water partition coefficient (Wildman–Crippen LogP) is 2.94. The van der Waals surface area contributed by atoms with Gasteiger partial charge >= 0.3 is 0 Å². The molecule has 2 aromatic heterocycles. The number of nitrogens with one attached hydrogen (secondary N) is 1. The molecule has 0 radical (unpaired) electrons. The molecule has 136 valence electrons. The molecular weight excluding hydrogens is 346 g/mol. The zero-order valence-corrected chi connectivity index (χ0v) is 14.1. The number of halogens is 2. The van der Waals surface area contributed by atoms with Crippen molar-refractivity contribution in [3.63, 3.8) is 0 Å². The van der Waals surface area contributed by atoms with Gasteiger partial charge in [0, 0.05) is 11.8 Å². The summed E-state index contributed by atoms with van der Waals surface area (Å²) < 4.78 is 39.0. The molecule has 0 bridgehead atoms. The quantitative estimate of drug-likeness (QED) is 0.755. The highest BCUT2D eigenvalue weighted by atomic mass is 19.3. The number of aromatic nitrogens is 4. The van der Waals surface area contributed by atoms with Gasteiger partial charge in [0.1, 0.15) is 16.8 Å². The molecule has 4 rings (SSSR count). The third kappa shape index (κ3) is 2.69. The van der Waals surface area contributed by atoms with Gasteiger partial charge in [-0.3, -0.25) is 9.78 Å². The Morgan fingerprint density at radius 3 is 2.65 bits per heavy atom. The van der Waals surface area contributed by atoms with E-state index in [0.717, 1.165) is 18.4 Å². The predicted molar refractivity (Wildman–Crippen MR) is 89.5 cm³/mol. The maximum Gasteiger partial charge on any atom is 0.298 e. The lowest BCUT2D eigenvalue weighted by Gasteiger charge is -2.15. The first-order chi connectivity index (χ1) is 12.5. The van der Waals surface area contributed by atoms with Crippen molar-refractivity contribution >= 4 is 11.0 Å². The summed E-state index contributed by atoms with van der Waals surface area (Å²) in [5.41, 5.74) is 0.366. The van der Waals surface area contributed by atoms with Crippen LogP contribution in [-0.2, 0) is 0 Å². The fourth-order valence-electron chi connectivity index (χ4n) is 2.98. The number of alkyl halides is 2. The van der Waals surface area contributed by atoms with Gasteiger partial charge in [-0.15, -0.1) is 5.10 Å². The molecule has 26 heavy (non-hydrogen) atoms. The first-order valence-corrected chi connectivity index (χ1v) is 8.06. The average Bonchev–Trinajstić information content (AvgIpc) is 3.39. The standard InChI is InChI=1S/C17H16F2N4O3/c1-25-12-6-9(8-3-4-8)5-10(14(18)19)13(12)23-7-11-15(22-23)20-17(26-2)21-16(11)24/h5-8,14H,3-4H2,1-2H3,(H,20,21,22,24). The van der Waals surface area contributed by atoms with Crippen molar-refractivity contribution in [3.8, 4) is 17.4 Å². The molecule has 2 heterocycles. The van der Waals surface area contributed by atoms with Crippen LogP contribution in [0.2, 0.25) is 0 Å². The molecule has 1 aromatic carbocycles. The maximum atomic E-state index is 13.7. The van der Waals surface area contributed by atoms with Crippen molar-refractivity contribution in [1.29, 1.82) is 0 Å². The van der Waals surface area contributed by atoms with E-state index in [4.69, 9.17) is 9.47 Å². The number of hydrogen-bond acceptors (Lipinski definition) is 5. The van der Waals surface area contributed by atoms with Gasteiger partial charge in [-0.2, -0.15) is 4.98 Å². The van der Waals surface area contributed by atoms with Crippen LogP contribution in [0.4, 0.5) is 8.78 Å². The van der Waals surface area contributed by atoms with Gasteiger partial charge in [-0.25, -0.2) is 13.5 Å². The van der Waals surface area contributed by atoms with Crippen LogP contribution in [0.5, 0.6) is 11.8 Å². The minimum absolute atomic E-state index is 0.00196. The first-order valence-electron chi connectivity index (χ1n) is 8.06. The fraction of sp³-hybridized carbons (Fsp3) is 0.353. The number of methoxy groups -OCH3 is 2. The molecule has 7 nitrogen and oxygen atoms in total. The highest BCUT2D eigenvalue weighted by Crippen LogP contribution is 2.44. The topological polar surface area (TPSA) is 82.0 Å². The number of ether oxygens (including phenoxy) is 2. The van der Waals surface area contributed by atoms with Crippen molar-refractivity contribution in [2.75, 3.05) is 14.2 Å². The summed E-state index contributed by atoms with van der Waals surface area (Å²) >= 11 is 0. The molecule has 3 aromatic rings. The van der Waals surface area contributed by atoms with E-state index in [1.54, 1.807) is 6.07 Å². The van der Waals surface area contributed by atoms with Crippen LogP contribution in [-0.4, -0.2) is 34.0 Å². The van der Waals surface area contributed by atoms with Crippen molar-refractivity contribution in [2.24, 2.45) is 0 Å². The third-order valence-corrected chi connectivity index (χ3v) is 4.42. The Kier molecular flexibility index (Phi) is 3.86. The van der Waals surface area contributed by atoms with Crippen molar-refractivity contribution in [1.82, 2.24) is 19.7 Å². The van der Waals surface area contributed by atoms with E-state index in [0.29, 0.717) is 5.92 Å². The van der Waals surface area contributed by atoms with E-state index < -0.39 is 12.0 Å². The molecule has 1 aliphatic carbocycles. The van der Waals surface area contributed by atoms with Gasteiger partial charge in [-0.1, -0.05) is 0 Å². The van der Waals surface area contributed by atoms with Crippen LogP contribution >= 0.6 is 0 Å². The number of benzene rings is 1. The largest absolute Gasteiger partial charge is 0.494 e. The second kappa shape index (κ2) is 6.08.